The Labute approximate surface area is 340 Å². The van der Waals surface area contributed by atoms with Crippen LogP contribution in [0.5, 0.6) is 0 Å². The van der Waals surface area contributed by atoms with E-state index < -0.39 is 0 Å². The molecule has 0 radical (unpaired) electrons. The molecule has 0 spiro atoms. The van der Waals surface area contributed by atoms with Crippen molar-refractivity contribution >= 4 is 49.4 Å². The second kappa shape index (κ2) is 13.5. The summed E-state index contributed by atoms with van der Waals surface area (Å²) in [6.07, 6.45) is 0. The Hall–Kier alpha value is -7.22. The van der Waals surface area contributed by atoms with Crippen LogP contribution in [-0.2, 0) is 5.41 Å². The van der Waals surface area contributed by atoms with E-state index in [-0.39, 0.29) is 5.41 Å². The van der Waals surface area contributed by atoms with E-state index in [9.17, 15) is 0 Å². The second-order valence-electron chi connectivity index (χ2n) is 16.1. The third-order valence-corrected chi connectivity index (χ3v) is 12.4. The van der Waals surface area contributed by atoms with E-state index >= 15 is 0 Å². The van der Waals surface area contributed by atoms with E-state index in [1.807, 2.05) is 0 Å². The monoisotopic (exact) mass is 739 g/mol. The molecule has 0 unspecified atom stereocenters. The summed E-state index contributed by atoms with van der Waals surface area (Å²) in [6, 6.07) is 78.4. The summed E-state index contributed by atoms with van der Waals surface area (Å²) in [5, 5.41) is 7.47. The number of anilines is 3. The molecule has 10 aromatic carbocycles. The van der Waals surface area contributed by atoms with Crippen LogP contribution in [0.15, 0.2) is 212 Å². The minimum absolute atomic E-state index is 0.194. The fourth-order valence-electron chi connectivity index (χ4n) is 9.44. The zero-order valence-corrected chi connectivity index (χ0v) is 32.7. The SMILES string of the molecule is CC1(C)c2cc(N(c3ccc(-c4ccccc4)cc3-c3ccccc3)c3ccc4ccccc4c3-c3ccc4ccccc4c3)ccc2-c2cc3ccccc3cc21. The molecule has 1 aliphatic carbocycles. The first kappa shape index (κ1) is 34.1. The molecular weight excluding hydrogens is 699 g/mol. The molecule has 11 rings (SSSR count). The zero-order valence-electron chi connectivity index (χ0n) is 32.7. The second-order valence-corrected chi connectivity index (χ2v) is 16.1. The van der Waals surface area contributed by atoms with Crippen molar-refractivity contribution in [3.05, 3.63) is 223 Å². The molecule has 0 amide bonds. The maximum absolute atomic E-state index is 2.53. The van der Waals surface area contributed by atoms with Crippen LogP contribution in [0.4, 0.5) is 17.1 Å². The first-order chi connectivity index (χ1) is 28.5. The minimum Gasteiger partial charge on any atom is -0.309 e. The smallest absolute Gasteiger partial charge is 0.0546 e. The Morgan fingerprint density at radius 3 is 1.66 bits per heavy atom. The lowest BCUT2D eigenvalue weighted by Gasteiger charge is -2.32. The number of rotatable bonds is 6. The molecule has 1 aliphatic rings. The van der Waals surface area contributed by atoms with Gasteiger partial charge in [-0.2, -0.15) is 0 Å². The number of fused-ring (bicyclic) bond motifs is 6. The Balaban J connectivity index is 1.21. The number of hydrogen-bond donors (Lipinski definition) is 0. The first-order valence-corrected chi connectivity index (χ1v) is 20.3. The highest BCUT2D eigenvalue weighted by Gasteiger charge is 2.37. The molecule has 0 bridgehead atoms. The lowest BCUT2D eigenvalue weighted by molar-refractivity contribution is 0.661. The van der Waals surface area contributed by atoms with Gasteiger partial charge in [-0.3, -0.25) is 0 Å². The van der Waals surface area contributed by atoms with Crippen LogP contribution in [0.3, 0.4) is 0 Å². The summed E-state index contributed by atoms with van der Waals surface area (Å²) in [6.45, 7) is 4.78. The molecule has 0 aliphatic heterocycles. The van der Waals surface area contributed by atoms with Gasteiger partial charge < -0.3 is 4.90 Å². The topological polar surface area (TPSA) is 3.24 Å². The van der Waals surface area contributed by atoms with Crippen LogP contribution in [0.2, 0.25) is 0 Å². The lowest BCUT2D eigenvalue weighted by Crippen LogP contribution is -2.17. The summed E-state index contributed by atoms with van der Waals surface area (Å²) >= 11 is 0. The van der Waals surface area contributed by atoms with Crippen molar-refractivity contribution in [3.8, 4) is 44.5 Å². The average Bonchev–Trinajstić information content (AvgIpc) is 3.50. The molecule has 10 aromatic rings. The molecule has 0 heterocycles. The maximum Gasteiger partial charge on any atom is 0.0546 e. The van der Waals surface area contributed by atoms with E-state index in [2.05, 4.69) is 231 Å². The number of hydrogen-bond acceptors (Lipinski definition) is 1. The standard InChI is InChI=1S/C57H41N/c1-57(2)52-36-44-23-12-11-22-43(44)35-51(52)49-30-29-47(37-53(49)57)58(54-31-28-45(38-15-5-3-6-16-38)34-50(54)40-18-7-4-8-19-40)55-32-27-41-20-13-14-24-48(41)56(55)46-26-25-39-17-9-10-21-42(39)33-46/h3-37H,1-2H3. The van der Waals surface area contributed by atoms with Crippen LogP contribution >= 0.6 is 0 Å². The molecule has 0 saturated carbocycles. The van der Waals surface area contributed by atoms with Gasteiger partial charge in [0.1, 0.15) is 0 Å². The van der Waals surface area contributed by atoms with Gasteiger partial charge in [0, 0.05) is 22.2 Å². The third-order valence-electron chi connectivity index (χ3n) is 12.4. The normalized spacial score (nSPS) is 12.8. The highest BCUT2D eigenvalue weighted by atomic mass is 15.1. The van der Waals surface area contributed by atoms with Crippen LogP contribution < -0.4 is 4.90 Å². The molecule has 58 heavy (non-hydrogen) atoms. The Kier molecular flexibility index (Phi) is 7.91. The van der Waals surface area contributed by atoms with Gasteiger partial charge >= 0.3 is 0 Å². The highest BCUT2D eigenvalue weighted by molar-refractivity contribution is 6.08. The molecule has 1 heteroatoms. The van der Waals surface area contributed by atoms with Gasteiger partial charge in [-0.15, -0.1) is 0 Å². The quantitative estimate of drug-likeness (QED) is 0.164. The summed E-state index contributed by atoms with van der Waals surface area (Å²) in [7, 11) is 0. The van der Waals surface area contributed by atoms with Crippen molar-refractivity contribution in [1.82, 2.24) is 0 Å². The van der Waals surface area contributed by atoms with Gasteiger partial charge in [0.15, 0.2) is 0 Å². The van der Waals surface area contributed by atoms with E-state index in [1.54, 1.807) is 0 Å². The van der Waals surface area contributed by atoms with Crippen molar-refractivity contribution in [1.29, 1.82) is 0 Å². The van der Waals surface area contributed by atoms with Gasteiger partial charge in [0.25, 0.3) is 0 Å². The largest absolute Gasteiger partial charge is 0.309 e. The molecule has 0 saturated heterocycles. The fourth-order valence-corrected chi connectivity index (χ4v) is 9.44. The summed E-state index contributed by atoms with van der Waals surface area (Å²) in [5.74, 6) is 0. The third kappa shape index (κ3) is 5.54. The van der Waals surface area contributed by atoms with E-state index in [1.165, 1.54) is 88.0 Å². The van der Waals surface area contributed by atoms with Crippen LogP contribution in [0.1, 0.15) is 25.0 Å². The van der Waals surface area contributed by atoms with E-state index in [0.29, 0.717) is 0 Å². The van der Waals surface area contributed by atoms with Crippen molar-refractivity contribution in [3.63, 3.8) is 0 Å². The molecule has 274 valence electrons. The maximum atomic E-state index is 2.53. The van der Waals surface area contributed by atoms with Crippen molar-refractivity contribution < 1.29 is 0 Å². The number of nitrogens with zero attached hydrogens (tertiary/aromatic N) is 1. The molecule has 0 fully saturated rings. The van der Waals surface area contributed by atoms with Crippen molar-refractivity contribution in [2.45, 2.75) is 19.3 Å². The Morgan fingerprint density at radius 2 is 0.897 bits per heavy atom. The molecular formula is C57H41N. The Bertz CT molecular complexity index is 3190. The van der Waals surface area contributed by atoms with E-state index in [4.69, 9.17) is 0 Å². The highest BCUT2D eigenvalue weighted by Crippen LogP contribution is 2.54. The Morgan fingerprint density at radius 1 is 0.328 bits per heavy atom. The molecule has 0 aromatic heterocycles. The van der Waals surface area contributed by atoms with Crippen molar-refractivity contribution in [2.75, 3.05) is 4.90 Å². The van der Waals surface area contributed by atoms with Crippen molar-refractivity contribution in [2.24, 2.45) is 0 Å². The van der Waals surface area contributed by atoms with E-state index in [0.717, 1.165) is 17.1 Å². The zero-order chi connectivity index (χ0) is 38.8. The van der Waals surface area contributed by atoms with Gasteiger partial charge in [-0.25, -0.2) is 0 Å². The summed E-state index contributed by atoms with van der Waals surface area (Å²) < 4.78 is 0. The van der Waals surface area contributed by atoms with Crippen LogP contribution in [-0.4, -0.2) is 0 Å². The van der Waals surface area contributed by atoms with Gasteiger partial charge in [-0.05, 0) is 125 Å². The molecule has 0 N–H and O–H groups in total. The van der Waals surface area contributed by atoms with Gasteiger partial charge in [-0.1, -0.05) is 178 Å². The van der Waals surface area contributed by atoms with Gasteiger partial charge in [0.05, 0.1) is 11.4 Å². The average molecular weight is 740 g/mol. The first-order valence-electron chi connectivity index (χ1n) is 20.3. The lowest BCUT2D eigenvalue weighted by atomic mass is 9.81. The number of benzene rings is 10. The fraction of sp³-hybridized carbons (Fsp3) is 0.0526. The minimum atomic E-state index is -0.194. The molecule has 0 atom stereocenters. The van der Waals surface area contributed by atoms with Gasteiger partial charge in [0.2, 0.25) is 0 Å². The predicted octanol–water partition coefficient (Wildman–Crippen LogP) is 15.9. The van der Waals surface area contributed by atoms with Crippen LogP contribution in [0.25, 0.3) is 76.8 Å². The summed E-state index contributed by atoms with van der Waals surface area (Å²) in [4.78, 5) is 2.53. The van der Waals surface area contributed by atoms with Crippen LogP contribution in [0, 0.1) is 0 Å². The summed E-state index contributed by atoms with van der Waals surface area (Å²) in [5.41, 5.74) is 15.7. The molecule has 1 nitrogen and oxygen atoms in total. The predicted molar refractivity (Wildman–Crippen MR) is 248 cm³/mol.